The minimum atomic E-state index is -4.56. The number of halogens is 4. The van der Waals surface area contributed by atoms with Crippen LogP contribution in [0, 0.1) is 0 Å². The quantitative estimate of drug-likeness (QED) is 0.345. The lowest BCUT2D eigenvalue weighted by molar-refractivity contribution is -0.137. The Labute approximate surface area is 203 Å². The van der Waals surface area contributed by atoms with Crippen LogP contribution in [-0.2, 0) is 26.1 Å². The first-order valence-corrected chi connectivity index (χ1v) is 11.0. The number of aromatic amines is 1. The highest BCUT2D eigenvalue weighted by Gasteiger charge is 2.33. The number of ether oxygens (including phenoxy) is 1. The zero-order valence-corrected chi connectivity index (χ0v) is 19.3. The van der Waals surface area contributed by atoms with Gasteiger partial charge in [-0.2, -0.15) is 23.3 Å². The Morgan fingerprint density at radius 3 is 2.51 bits per heavy atom. The lowest BCUT2D eigenvalue weighted by Gasteiger charge is -2.12. The molecule has 2 heterocycles. The van der Waals surface area contributed by atoms with E-state index in [4.69, 9.17) is 16.3 Å². The van der Waals surface area contributed by atoms with Crippen LogP contribution in [0.5, 0.6) is 11.5 Å². The minimum Gasteiger partial charge on any atom is -0.457 e. The number of hydrogen-bond acceptors (Lipinski definition) is 5. The number of benzene rings is 2. The molecule has 4 rings (SSSR count). The molecule has 35 heavy (non-hydrogen) atoms. The van der Waals surface area contributed by atoms with Crippen LogP contribution in [0.3, 0.4) is 0 Å². The molecule has 2 N–H and O–H groups in total. The number of H-pyrrole nitrogens is 1. The molecule has 2 aromatic carbocycles. The van der Waals surface area contributed by atoms with Gasteiger partial charge in [-0.15, -0.1) is 0 Å². The summed E-state index contributed by atoms with van der Waals surface area (Å²) in [5, 5.41) is 6.78. The summed E-state index contributed by atoms with van der Waals surface area (Å²) in [7, 11) is 1.81. The average Bonchev–Trinajstić information content (AvgIpc) is 3.22. The number of aromatic nitrogens is 4. The summed E-state index contributed by atoms with van der Waals surface area (Å²) < 4.78 is 46.3. The molecule has 0 atom stereocenters. The van der Waals surface area contributed by atoms with Crippen molar-refractivity contribution >= 4 is 17.5 Å². The molecule has 0 aliphatic heterocycles. The van der Waals surface area contributed by atoms with Gasteiger partial charge in [-0.1, -0.05) is 23.7 Å². The molecule has 0 bridgehead atoms. The molecular weight excluding hydrogens is 483 g/mol. The van der Waals surface area contributed by atoms with Crippen molar-refractivity contribution in [3.8, 4) is 11.5 Å². The van der Waals surface area contributed by atoms with E-state index in [2.05, 4.69) is 20.4 Å². The van der Waals surface area contributed by atoms with Gasteiger partial charge < -0.3 is 15.0 Å². The maximum Gasteiger partial charge on any atom is 0.417 e. The van der Waals surface area contributed by atoms with E-state index in [-0.39, 0.29) is 16.3 Å². The monoisotopic (exact) mass is 503 g/mol. The van der Waals surface area contributed by atoms with Crippen LogP contribution in [0.25, 0.3) is 0 Å². The normalized spacial score (nSPS) is 11.5. The van der Waals surface area contributed by atoms with Crippen LogP contribution in [-0.4, -0.2) is 26.3 Å². The average molecular weight is 504 g/mol. The van der Waals surface area contributed by atoms with E-state index >= 15 is 0 Å². The third kappa shape index (κ3) is 6.42. The Morgan fingerprint density at radius 1 is 1.11 bits per heavy atom. The van der Waals surface area contributed by atoms with Gasteiger partial charge in [-0.05, 0) is 47.9 Å². The van der Waals surface area contributed by atoms with Crippen LogP contribution in [0.2, 0.25) is 5.02 Å². The predicted molar refractivity (Wildman–Crippen MR) is 126 cm³/mol. The molecule has 2 aromatic heterocycles. The number of hydrogen-bond donors (Lipinski definition) is 2. The molecule has 4 aromatic rings. The summed E-state index contributed by atoms with van der Waals surface area (Å²) >= 11 is 5.64. The van der Waals surface area contributed by atoms with Crippen molar-refractivity contribution in [3.63, 3.8) is 0 Å². The highest BCUT2D eigenvalue weighted by Crippen LogP contribution is 2.37. The maximum absolute atomic E-state index is 13.0. The molecule has 0 aliphatic rings. The van der Waals surface area contributed by atoms with E-state index in [9.17, 15) is 18.0 Å². The zero-order chi connectivity index (χ0) is 25.0. The Hall–Kier alpha value is -3.79. The predicted octanol–water partition coefficient (Wildman–Crippen LogP) is 5.21. The molecule has 11 heteroatoms. The first-order chi connectivity index (χ1) is 16.7. The van der Waals surface area contributed by atoms with E-state index in [1.807, 2.05) is 25.4 Å². The van der Waals surface area contributed by atoms with Crippen LogP contribution >= 0.6 is 11.6 Å². The van der Waals surface area contributed by atoms with Gasteiger partial charge in [0.1, 0.15) is 11.5 Å². The smallest absolute Gasteiger partial charge is 0.417 e. The fourth-order valence-electron chi connectivity index (χ4n) is 3.39. The second-order valence-electron chi connectivity index (χ2n) is 7.84. The summed E-state index contributed by atoms with van der Waals surface area (Å²) in [5.41, 5.74) is 1.17. The number of alkyl halides is 3. The third-order valence-corrected chi connectivity index (χ3v) is 5.46. The summed E-state index contributed by atoms with van der Waals surface area (Å²) in [4.78, 5) is 19.3. The van der Waals surface area contributed by atoms with Crippen LogP contribution in [0.15, 0.2) is 65.8 Å². The summed E-state index contributed by atoms with van der Waals surface area (Å²) in [6.07, 6.45) is 1.69. The lowest BCUT2D eigenvalue weighted by atomic mass is 10.1. The fourth-order valence-corrected chi connectivity index (χ4v) is 3.62. The molecule has 0 spiro atoms. The van der Waals surface area contributed by atoms with Gasteiger partial charge >= 0.3 is 6.18 Å². The Kier molecular flexibility index (Phi) is 7.11. The summed E-state index contributed by atoms with van der Waals surface area (Å²) in [5.74, 6) is 0.804. The summed E-state index contributed by atoms with van der Waals surface area (Å²) in [6, 6.07) is 10.4. The van der Waals surface area contributed by atoms with Crippen LogP contribution in [0.1, 0.15) is 22.3 Å². The third-order valence-electron chi connectivity index (χ3n) is 5.13. The fraction of sp³-hybridized carbons (Fsp3) is 0.208. The van der Waals surface area contributed by atoms with Crippen molar-refractivity contribution in [2.45, 2.75) is 19.0 Å². The van der Waals surface area contributed by atoms with E-state index in [0.717, 1.165) is 23.3 Å². The van der Waals surface area contributed by atoms with Crippen molar-refractivity contribution in [3.05, 3.63) is 98.7 Å². The van der Waals surface area contributed by atoms with Gasteiger partial charge in [0.2, 0.25) is 5.95 Å². The molecule has 0 saturated heterocycles. The zero-order valence-electron chi connectivity index (χ0n) is 18.6. The number of anilines is 1. The molecule has 0 saturated carbocycles. The van der Waals surface area contributed by atoms with E-state index < -0.39 is 11.7 Å². The molecular formula is C24H21ClF3N5O2. The SMILES string of the molecule is Cn1cc(Cc2c[nH]c(NCCc3ccc(Oc4ccc(Cl)c(C(F)(F)F)c4)cc3)nc2=O)cn1. The van der Waals surface area contributed by atoms with Crippen molar-refractivity contribution in [2.75, 3.05) is 11.9 Å². The number of aryl methyl sites for hydroxylation is 1. The molecule has 0 amide bonds. The van der Waals surface area contributed by atoms with Gasteiger partial charge in [-0.25, -0.2) is 0 Å². The minimum absolute atomic E-state index is 0.0399. The topological polar surface area (TPSA) is 84.8 Å². The maximum atomic E-state index is 13.0. The molecule has 182 valence electrons. The van der Waals surface area contributed by atoms with Gasteiger partial charge in [-0.3, -0.25) is 9.48 Å². The Morgan fingerprint density at radius 2 is 1.86 bits per heavy atom. The van der Waals surface area contributed by atoms with Crippen LogP contribution < -0.4 is 15.6 Å². The van der Waals surface area contributed by atoms with E-state index in [0.29, 0.717) is 36.6 Å². The highest BCUT2D eigenvalue weighted by atomic mass is 35.5. The van der Waals surface area contributed by atoms with Crippen molar-refractivity contribution in [2.24, 2.45) is 7.05 Å². The first kappa shape index (κ1) is 24.3. The molecule has 0 fully saturated rings. The number of rotatable bonds is 8. The molecule has 0 radical (unpaired) electrons. The second kappa shape index (κ2) is 10.2. The van der Waals surface area contributed by atoms with Gasteiger partial charge in [0.05, 0.1) is 16.8 Å². The number of nitrogens with zero attached hydrogens (tertiary/aromatic N) is 3. The Bertz CT molecular complexity index is 1370. The first-order valence-electron chi connectivity index (χ1n) is 10.6. The molecule has 7 nitrogen and oxygen atoms in total. The van der Waals surface area contributed by atoms with Crippen LogP contribution in [0.4, 0.5) is 19.1 Å². The molecule has 0 unspecified atom stereocenters. The van der Waals surface area contributed by atoms with Gasteiger partial charge in [0.25, 0.3) is 5.56 Å². The van der Waals surface area contributed by atoms with Crippen molar-refractivity contribution < 1.29 is 17.9 Å². The molecule has 0 aliphatic carbocycles. The standard InChI is InChI=1S/C24H21ClF3N5O2/c1-33-14-16(12-31-33)10-17-13-30-23(32-22(17)34)29-9-8-15-2-4-18(5-3-15)35-19-6-7-21(25)20(11-19)24(26,27)28/h2-7,11-14H,8-10H2,1H3,(H2,29,30,32,34). The largest absolute Gasteiger partial charge is 0.457 e. The van der Waals surface area contributed by atoms with E-state index in [1.165, 1.54) is 6.07 Å². The van der Waals surface area contributed by atoms with Gasteiger partial charge in [0, 0.05) is 38.0 Å². The van der Waals surface area contributed by atoms with Gasteiger partial charge in [0.15, 0.2) is 0 Å². The van der Waals surface area contributed by atoms with Crippen molar-refractivity contribution in [1.29, 1.82) is 0 Å². The second-order valence-corrected chi connectivity index (χ2v) is 8.25. The lowest BCUT2D eigenvalue weighted by Crippen LogP contribution is -2.18. The number of nitrogens with one attached hydrogen (secondary N) is 2. The van der Waals surface area contributed by atoms with E-state index in [1.54, 1.807) is 29.2 Å². The Balaban J connectivity index is 1.30. The highest BCUT2D eigenvalue weighted by molar-refractivity contribution is 6.31. The van der Waals surface area contributed by atoms with Crippen molar-refractivity contribution in [1.82, 2.24) is 19.7 Å². The summed E-state index contributed by atoms with van der Waals surface area (Å²) in [6.45, 7) is 0.511.